The van der Waals surface area contributed by atoms with E-state index in [1.807, 2.05) is 11.8 Å². The molecule has 1 unspecified atom stereocenters. The van der Waals surface area contributed by atoms with Crippen LogP contribution in [-0.4, -0.2) is 33.8 Å². The summed E-state index contributed by atoms with van der Waals surface area (Å²) in [5, 5.41) is 18.0. The van der Waals surface area contributed by atoms with Gasteiger partial charge in [-0.25, -0.2) is 4.79 Å². The molecule has 0 aromatic heterocycles. The van der Waals surface area contributed by atoms with E-state index in [4.69, 9.17) is 9.84 Å². The molecule has 0 saturated carbocycles. The van der Waals surface area contributed by atoms with Crippen LogP contribution in [0, 0.1) is 0 Å². The van der Waals surface area contributed by atoms with E-state index in [2.05, 4.69) is 0 Å². The molecule has 1 aliphatic rings. The Labute approximate surface area is 97.2 Å². The Morgan fingerprint density at radius 2 is 2.25 bits per heavy atom. The SMILES string of the molecule is O=C(O)C(O)c1cccc(OC2CSC2)c1. The maximum Gasteiger partial charge on any atom is 0.337 e. The van der Waals surface area contributed by atoms with Gasteiger partial charge in [-0.2, -0.15) is 11.8 Å². The summed E-state index contributed by atoms with van der Waals surface area (Å²) in [6.07, 6.45) is -1.28. The van der Waals surface area contributed by atoms with Crippen molar-refractivity contribution in [2.75, 3.05) is 11.5 Å². The maximum absolute atomic E-state index is 10.6. The number of aliphatic hydroxyl groups excluding tert-OH is 1. The Morgan fingerprint density at radius 1 is 1.50 bits per heavy atom. The molecule has 0 bridgehead atoms. The fourth-order valence-corrected chi connectivity index (χ4v) is 1.94. The zero-order chi connectivity index (χ0) is 11.5. The first-order chi connectivity index (χ1) is 7.66. The van der Waals surface area contributed by atoms with Crippen molar-refractivity contribution in [2.45, 2.75) is 12.2 Å². The topological polar surface area (TPSA) is 66.8 Å². The predicted octanol–water partition coefficient (Wildman–Crippen LogP) is 1.30. The number of carboxylic acids is 1. The molecule has 1 aliphatic heterocycles. The molecule has 0 aliphatic carbocycles. The molecule has 1 aromatic rings. The van der Waals surface area contributed by atoms with Gasteiger partial charge in [0.05, 0.1) is 0 Å². The number of aliphatic hydroxyl groups is 1. The van der Waals surface area contributed by atoms with Crippen LogP contribution in [0.5, 0.6) is 5.75 Å². The normalized spacial score (nSPS) is 17.6. The number of aliphatic carboxylic acids is 1. The molecule has 4 nitrogen and oxygen atoms in total. The van der Waals surface area contributed by atoms with E-state index in [1.165, 1.54) is 0 Å². The average molecular weight is 240 g/mol. The highest BCUT2D eigenvalue weighted by Gasteiger charge is 2.21. The lowest BCUT2D eigenvalue weighted by Crippen LogP contribution is -2.31. The van der Waals surface area contributed by atoms with Gasteiger partial charge in [-0.05, 0) is 17.7 Å². The Kier molecular flexibility index (Phi) is 3.36. The van der Waals surface area contributed by atoms with Crippen molar-refractivity contribution in [3.05, 3.63) is 29.8 Å². The van der Waals surface area contributed by atoms with Crippen molar-refractivity contribution in [1.82, 2.24) is 0 Å². The summed E-state index contributed by atoms with van der Waals surface area (Å²) in [6.45, 7) is 0. The molecular formula is C11H12O4S. The standard InChI is InChI=1S/C11H12O4S/c12-10(11(13)14)7-2-1-3-8(4-7)15-9-5-16-6-9/h1-4,9-10,12H,5-6H2,(H,13,14). The van der Waals surface area contributed by atoms with Crippen molar-refractivity contribution >= 4 is 17.7 Å². The van der Waals surface area contributed by atoms with Gasteiger partial charge in [0, 0.05) is 11.5 Å². The number of benzene rings is 1. The summed E-state index contributed by atoms with van der Waals surface area (Å²) in [7, 11) is 0. The first-order valence-corrected chi connectivity index (χ1v) is 6.07. The van der Waals surface area contributed by atoms with E-state index in [9.17, 15) is 9.90 Å². The first-order valence-electron chi connectivity index (χ1n) is 4.92. The van der Waals surface area contributed by atoms with Crippen molar-refractivity contribution in [1.29, 1.82) is 0 Å². The van der Waals surface area contributed by atoms with E-state index in [-0.39, 0.29) is 6.10 Å². The predicted molar refractivity (Wildman–Crippen MR) is 60.8 cm³/mol. The van der Waals surface area contributed by atoms with Gasteiger partial charge in [0.1, 0.15) is 11.9 Å². The molecule has 1 heterocycles. The second-order valence-electron chi connectivity index (χ2n) is 3.59. The molecule has 0 spiro atoms. The molecule has 1 atom stereocenters. The second-order valence-corrected chi connectivity index (χ2v) is 4.67. The van der Waals surface area contributed by atoms with E-state index < -0.39 is 12.1 Å². The van der Waals surface area contributed by atoms with Crippen molar-refractivity contribution in [3.8, 4) is 5.75 Å². The largest absolute Gasteiger partial charge is 0.489 e. The van der Waals surface area contributed by atoms with Crippen LogP contribution >= 0.6 is 11.8 Å². The van der Waals surface area contributed by atoms with Crippen LogP contribution in [-0.2, 0) is 4.79 Å². The number of ether oxygens (including phenoxy) is 1. The van der Waals surface area contributed by atoms with Crippen molar-refractivity contribution < 1.29 is 19.7 Å². The lowest BCUT2D eigenvalue weighted by Gasteiger charge is -2.26. The van der Waals surface area contributed by atoms with Gasteiger partial charge >= 0.3 is 5.97 Å². The summed E-state index contributed by atoms with van der Waals surface area (Å²) >= 11 is 1.81. The molecule has 1 aromatic carbocycles. The lowest BCUT2D eigenvalue weighted by atomic mass is 10.1. The molecule has 2 N–H and O–H groups in total. The number of rotatable bonds is 4. The summed E-state index contributed by atoms with van der Waals surface area (Å²) in [4.78, 5) is 10.6. The van der Waals surface area contributed by atoms with Gasteiger partial charge < -0.3 is 14.9 Å². The quantitative estimate of drug-likeness (QED) is 0.830. The van der Waals surface area contributed by atoms with Crippen LogP contribution in [0.25, 0.3) is 0 Å². The molecular weight excluding hydrogens is 228 g/mol. The fourth-order valence-electron chi connectivity index (χ4n) is 1.38. The Bertz CT molecular complexity index is 389. The highest BCUT2D eigenvalue weighted by molar-refractivity contribution is 8.00. The molecule has 1 fully saturated rings. The lowest BCUT2D eigenvalue weighted by molar-refractivity contribution is -0.146. The Balaban J connectivity index is 2.08. The minimum Gasteiger partial charge on any atom is -0.489 e. The van der Waals surface area contributed by atoms with Gasteiger partial charge in [0.2, 0.25) is 0 Å². The van der Waals surface area contributed by atoms with Gasteiger partial charge in [-0.3, -0.25) is 0 Å². The second kappa shape index (κ2) is 4.76. The van der Waals surface area contributed by atoms with Crippen LogP contribution < -0.4 is 4.74 Å². The van der Waals surface area contributed by atoms with Gasteiger partial charge in [0.25, 0.3) is 0 Å². The van der Waals surface area contributed by atoms with Crippen LogP contribution in [0.1, 0.15) is 11.7 Å². The molecule has 2 rings (SSSR count). The molecule has 16 heavy (non-hydrogen) atoms. The van der Waals surface area contributed by atoms with Gasteiger partial charge in [0.15, 0.2) is 6.10 Å². The highest BCUT2D eigenvalue weighted by Crippen LogP contribution is 2.25. The number of carboxylic acid groups (broad SMARTS) is 1. The van der Waals surface area contributed by atoms with Gasteiger partial charge in [-0.1, -0.05) is 12.1 Å². The zero-order valence-electron chi connectivity index (χ0n) is 8.50. The zero-order valence-corrected chi connectivity index (χ0v) is 9.31. The van der Waals surface area contributed by atoms with Crippen LogP contribution in [0.15, 0.2) is 24.3 Å². The van der Waals surface area contributed by atoms with E-state index in [1.54, 1.807) is 24.3 Å². The third-order valence-electron chi connectivity index (χ3n) is 2.32. The van der Waals surface area contributed by atoms with Crippen LogP contribution in [0.3, 0.4) is 0 Å². The average Bonchev–Trinajstić information content (AvgIpc) is 2.23. The summed E-state index contributed by atoms with van der Waals surface area (Å²) in [5.41, 5.74) is 0.344. The molecule has 1 saturated heterocycles. The number of carbonyl (C=O) groups is 1. The van der Waals surface area contributed by atoms with Crippen molar-refractivity contribution in [3.63, 3.8) is 0 Å². The number of hydrogen-bond acceptors (Lipinski definition) is 4. The monoisotopic (exact) mass is 240 g/mol. The van der Waals surface area contributed by atoms with E-state index in [0.717, 1.165) is 11.5 Å². The first kappa shape index (κ1) is 11.3. The van der Waals surface area contributed by atoms with E-state index >= 15 is 0 Å². The molecule has 5 heteroatoms. The van der Waals surface area contributed by atoms with E-state index in [0.29, 0.717) is 11.3 Å². The Morgan fingerprint density at radius 3 is 2.81 bits per heavy atom. The summed E-state index contributed by atoms with van der Waals surface area (Å²) in [5.74, 6) is 1.29. The summed E-state index contributed by atoms with van der Waals surface area (Å²) < 4.78 is 5.60. The van der Waals surface area contributed by atoms with Crippen molar-refractivity contribution in [2.24, 2.45) is 0 Å². The minimum absolute atomic E-state index is 0.210. The third-order valence-corrected chi connectivity index (χ3v) is 3.53. The highest BCUT2D eigenvalue weighted by atomic mass is 32.2. The Hall–Kier alpha value is -1.20. The smallest absolute Gasteiger partial charge is 0.337 e. The fraction of sp³-hybridized carbons (Fsp3) is 0.364. The number of thioether (sulfide) groups is 1. The molecule has 0 amide bonds. The number of hydrogen-bond donors (Lipinski definition) is 2. The third kappa shape index (κ3) is 2.48. The maximum atomic E-state index is 10.6. The van der Waals surface area contributed by atoms with Gasteiger partial charge in [-0.15, -0.1) is 0 Å². The van der Waals surface area contributed by atoms with Crippen LogP contribution in [0.2, 0.25) is 0 Å². The van der Waals surface area contributed by atoms with Crippen LogP contribution in [0.4, 0.5) is 0 Å². The summed E-state index contributed by atoms with van der Waals surface area (Å²) in [6, 6.07) is 6.59. The molecule has 86 valence electrons. The molecule has 0 radical (unpaired) electrons. The minimum atomic E-state index is -1.49.